The van der Waals surface area contributed by atoms with Crippen molar-refractivity contribution in [3.8, 4) is 23.1 Å². The predicted molar refractivity (Wildman–Crippen MR) is 196 cm³/mol. The number of amides is 3. The van der Waals surface area contributed by atoms with Crippen molar-refractivity contribution < 1.29 is 19.1 Å². The molecule has 4 aromatic carbocycles. The van der Waals surface area contributed by atoms with Gasteiger partial charge in [-0.15, -0.1) is 0 Å². The Morgan fingerprint density at radius 2 is 1.55 bits per heavy atom. The minimum Gasteiger partial charge on any atom is -0.410 e. The zero-order chi connectivity index (χ0) is 35.8. The van der Waals surface area contributed by atoms with E-state index >= 15 is 0 Å². The van der Waals surface area contributed by atoms with Gasteiger partial charge in [0.2, 0.25) is 0 Å². The molecule has 7 rings (SSSR count). The van der Waals surface area contributed by atoms with Crippen LogP contribution in [0.5, 0.6) is 5.75 Å². The topological polar surface area (TPSA) is 98.9 Å². The zero-order valence-corrected chi connectivity index (χ0v) is 29.2. The number of benzene rings is 4. The highest BCUT2D eigenvalue weighted by Crippen LogP contribution is 2.36. The summed E-state index contributed by atoms with van der Waals surface area (Å²) in [4.78, 5) is 47.1. The Bertz CT molecular complexity index is 2200. The van der Waals surface area contributed by atoms with Gasteiger partial charge < -0.3 is 24.0 Å². The van der Waals surface area contributed by atoms with Crippen LogP contribution in [0, 0.1) is 18.3 Å². The van der Waals surface area contributed by atoms with Crippen LogP contribution < -0.4 is 9.64 Å². The van der Waals surface area contributed by atoms with Gasteiger partial charge in [-0.3, -0.25) is 9.59 Å². The number of ether oxygens (including phenoxy) is 1. The fourth-order valence-electron chi connectivity index (χ4n) is 7.15. The summed E-state index contributed by atoms with van der Waals surface area (Å²) in [7, 11) is 3.70. The van der Waals surface area contributed by atoms with Gasteiger partial charge in [0, 0.05) is 68.0 Å². The highest BCUT2D eigenvalue weighted by atomic mass is 16.6. The summed E-state index contributed by atoms with van der Waals surface area (Å²) in [5.74, 6) is 0.127. The van der Waals surface area contributed by atoms with Gasteiger partial charge in [-0.2, -0.15) is 5.26 Å². The van der Waals surface area contributed by atoms with Crippen molar-refractivity contribution in [1.29, 1.82) is 5.26 Å². The van der Waals surface area contributed by atoms with Crippen molar-refractivity contribution in [3.63, 3.8) is 0 Å². The Hall–Kier alpha value is -6.14. The van der Waals surface area contributed by atoms with Gasteiger partial charge in [0.25, 0.3) is 11.8 Å². The second-order valence-corrected chi connectivity index (χ2v) is 13.4. The molecular formula is C42H39N5O4. The quantitative estimate of drug-likeness (QED) is 0.195. The lowest BCUT2D eigenvalue weighted by atomic mass is 9.90. The molecule has 0 N–H and O–H groups in total. The number of hydrogen-bond acceptors (Lipinski definition) is 5. The molecule has 2 aliphatic heterocycles. The average molecular weight is 678 g/mol. The minimum atomic E-state index is -0.493. The summed E-state index contributed by atoms with van der Waals surface area (Å²) in [5.41, 5.74) is 8.98. The molecule has 256 valence electrons. The number of hydrogen-bond donors (Lipinski definition) is 0. The van der Waals surface area contributed by atoms with Gasteiger partial charge in [-0.1, -0.05) is 42.5 Å². The second kappa shape index (κ2) is 13.6. The summed E-state index contributed by atoms with van der Waals surface area (Å²) in [6, 6.07) is 32.1. The smallest absolute Gasteiger partial charge is 0.410 e. The number of nitriles is 1. The second-order valence-electron chi connectivity index (χ2n) is 13.4. The summed E-state index contributed by atoms with van der Waals surface area (Å²) in [6.07, 6.45) is 0.830. The lowest BCUT2D eigenvalue weighted by molar-refractivity contribution is 0.0658. The van der Waals surface area contributed by atoms with E-state index in [-0.39, 0.29) is 24.4 Å². The molecule has 5 aromatic rings. The molecule has 1 aromatic heterocycles. The van der Waals surface area contributed by atoms with Gasteiger partial charge >= 0.3 is 6.09 Å². The number of para-hydroxylation sites is 1. The first-order valence-electron chi connectivity index (χ1n) is 17.1. The van der Waals surface area contributed by atoms with Gasteiger partial charge in [0.1, 0.15) is 5.75 Å². The SMILES string of the molecule is Cc1c(C(=O)N(C)c2ccccc2)cc(-c2cc3c(cc2C(=O)N2Cc4ccccc4C[C@H]2C)CN(C(=O)Oc2ccc(C#N)cc2)CC3)n1C. The molecule has 51 heavy (non-hydrogen) atoms. The maximum Gasteiger partial charge on any atom is 0.415 e. The zero-order valence-electron chi connectivity index (χ0n) is 29.2. The third kappa shape index (κ3) is 6.37. The molecule has 0 spiro atoms. The minimum absolute atomic E-state index is 0.0259. The van der Waals surface area contributed by atoms with Crippen LogP contribution in [0.2, 0.25) is 0 Å². The number of aromatic nitrogens is 1. The van der Waals surface area contributed by atoms with Crippen LogP contribution in [0.3, 0.4) is 0 Å². The number of fused-ring (bicyclic) bond motifs is 2. The molecule has 0 aliphatic carbocycles. The van der Waals surface area contributed by atoms with E-state index in [0.717, 1.165) is 45.7 Å². The molecule has 3 heterocycles. The fourth-order valence-corrected chi connectivity index (χ4v) is 7.15. The molecule has 0 fully saturated rings. The van der Waals surface area contributed by atoms with Crippen molar-refractivity contribution >= 4 is 23.6 Å². The standard InChI is InChI=1S/C42H39N5O4/c1-27-20-30-10-8-9-11-32(30)26-47(27)41(49)38-22-33-25-46(42(50)51-35-16-14-29(24-43)15-17-35)19-18-31(33)21-37(38)39-23-36(28(2)44(39)3)40(48)45(4)34-12-6-5-7-13-34/h5-17,21-23,27H,18-20,25-26H2,1-4H3/t27-/m1/s1. The first-order chi connectivity index (χ1) is 24.6. The van der Waals surface area contributed by atoms with E-state index in [9.17, 15) is 14.4 Å². The number of nitrogens with zero attached hydrogens (tertiary/aromatic N) is 5. The molecule has 0 saturated heterocycles. The van der Waals surface area contributed by atoms with Crippen LogP contribution in [0.4, 0.5) is 10.5 Å². The third-order valence-electron chi connectivity index (χ3n) is 10.3. The Labute approximate surface area is 297 Å². The van der Waals surface area contributed by atoms with Crippen molar-refractivity contribution in [1.82, 2.24) is 14.4 Å². The third-order valence-corrected chi connectivity index (χ3v) is 10.3. The lowest BCUT2D eigenvalue weighted by Crippen LogP contribution is -2.43. The van der Waals surface area contributed by atoms with Crippen molar-refractivity contribution in [2.24, 2.45) is 7.05 Å². The first kappa shape index (κ1) is 33.4. The fraction of sp³-hybridized carbons (Fsp3) is 0.238. The first-order valence-corrected chi connectivity index (χ1v) is 17.1. The summed E-state index contributed by atoms with van der Waals surface area (Å²) >= 11 is 0. The highest BCUT2D eigenvalue weighted by Gasteiger charge is 2.32. The summed E-state index contributed by atoms with van der Waals surface area (Å²) in [6.45, 7) is 5.22. The normalized spacial score (nSPS) is 15.0. The Balaban J connectivity index is 1.26. The van der Waals surface area contributed by atoms with Crippen LogP contribution in [-0.2, 0) is 33.0 Å². The Morgan fingerprint density at radius 1 is 0.843 bits per heavy atom. The van der Waals surface area contributed by atoms with E-state index in [0.29, 0.717) is 42.0 Å². The average Bonchev–Trinajstić information content (AvgIpc) is 3.46. The van der Waals surface area contributed by atoms with Gasteiger partial charge in [0.05, 0.1) is 17.2 Å². The van der Waals surface area contributed by atoms with E-state index in [1.807, 2.05) is 78.0 Å². The van der Waals surface area contributed by atoms with E-state index in [4.69, 9.17) is 10.00 Å². The maximum atomic E-state index is 14.8. The molecule has 9 nitrogen and oxygen atoms in total. The molecule has 9 heteroatoms. The van der Waals surface area contributed by atoms with Gasteiger partial charge in [-0.25, -0.2) is 4.79 Å². The molecule has 0 saturated carbocycles. The molecule has 1 atom stereocenters. The van der Waals surface area contributed by atoms with Crippen LogP contribution >= 0.6 is 0 Å². The molecule has 0 radical (unpaired) electrons. The molecular weight excluding hydrogens is 638 g/mol. The molecule has 3 amide bonds. The van der Waals surface area contributed by atoms with E-state index < -0.39 is 6.09 Å². The van der Waals surface area contributed by atoms with Crippen LogP contribution in [0.25, 0.3) is 11.3 Å². The van der Waals surface area contributed by atoms with Gasteiger partial charge in [0.15, 0.2) is 0 Å². The monoisotopic (exact) mass is 677 g/mol. The van der Waals surface area contributed by atoms with Crippen molar-refractivity contribution in [3.05, 3.63) is 142 Å². The van der Waals surface area contributed by atoms with Crippen LogP contribution in [0.15, 0.2) is 97.1 Å². The van der Waals surface area contributed by atoms with Crippen LogP contribution in [0.1, 0.15) is 61.2 Å². The largest absolute Gasteiger partial charge is 0.415 e. The van der Waals surface area contributed by atoms with Crippen molar-refractivity contribution in [2.75, 3.05) is 18.5 Å². The number of anilines is 1. The molecule has 2 aliphatic rings. The number of carbonyl (C=O) groups is 3. The summed E-state index contributed by atoms with van der Waals surface area (Å²) < 4.78 is 7.64. The number of carbonyl (C=O) groups excluding carboxylic acids is 3. The molecule has 0 bridgehead atoms. The van der Waals surface area contributed by atoms with E-state index in [2.05, 4.69) is 31.2 Å². The number of rotatable bonds is 5. The molecule has 0 unspecified atom stereocenters. The highest BCUT2D eigenvalue weighted by molar-refractivity contribution is 6.08. The van der Waals surface area contributed by atoms with Gasteiger partial charge in [-0.05, 0) is 104 Å². The maximum absolute atomic E-state index is 14.8. The lowest BCUT2D eigenvalue weighted by Gasteiger charge is -2.36. The van der Waals surface area contributed by atoms with E-state index in [1.165, 1.54) is 5.56 Å². The predicted octanol–water partition coefficient (Wildman–Crippen LogP) is 7.29. The van der Waals surface area contributed by atoms with Crippen LogP contribution in [-0.4, -0.2) is 51.9 Å². The Morgan fingerprint density at radius 3 is 2.27 bits per heavy atom. The summed E-state index contributed by atoms with van der Waals surface area (Å²) in [5, 5.41) is 9.11. The van der Waals surface area contributed by atoms with E-state index in [1.54, 1.807) is 41.1 Å². The van der Waals surface area contributed by atoms with Crippen molar-refractivity contribution in [2.45, 2.75) is 45.8 Å². The Kier molecular flexibility index (Phi) is 8.92.